The molecule has 0 aliphatic carbocycles. The topological polar surface area (TPSA) is 60.7 Å². The van der Waals surface area contributed by atoms with Crippen LogP contribution in [-0.4, -0.2) is 39.1 Å². The molecule has 0 amide bonds. The van der Waals surface area contributed by atoms with Gasteiger partial charge in [0.15, 0.2) is 5.60 Å². The fraction of sp³-hybridized carbons (Fsp3) is 1.00. The van der Waals surface area contributed by atoms with Crippen LogP contribution < -0.4 is 0 Å². The minimum Gasteiger partial charge on any atom is -0.381 e. The van der Waals surface area contributed by atoms with Crippen molar-refractivity contribution in [3.05, 3.63) is 0 Å². The third-order valence-corrected chi connectivity index (χ3v) is 1.66. The van der Waals surface area contributed by atoms with Crippen molar-refractivity contribution >= 4 is 0 Å². The van der Waals surface area contributed by atoms with Gasteiger partial charge in [-0.1, -0.05) is 0 Å². The van der Waals surface area contributed by atoms with Crippen LogP contribution in [0.2, 0.25) is 0 Å². The number of hydrogen-bond acceptors (Lipinski definition) is 3. The molecule has 0 spiro atoms. The van der Waals surface area contributed by atoms with Gasteiger partial charge < -0.3 is 15.3 Å². The highest BCUT2D eigenvalue weighted by molar-refractivity contribution is 4.90. The molecule has 1 atom stereocenters. The van der Waals surface area contributed by atoms with Gasteiger partial charge in [-0.05, 0) is 6.92 Å². The molecule has 0 unspecified atom stereocenters. The Morgan fingerprint density at radius 1 is 0.800 bits per heavy atom. The van der Waals surface area contributed by atoms with Crippen LogP contribution in [-0.2, 0) is 0 Å². The van der Waals surface area contributed by atoms with E-state index >= 15 is 0 Å². The Balaban J connectivity index is 4.89. The van der Waals surface area contributed by atoms with Gasteiger partial charge in [0.2, 0.25) is 0 Å². The number of aliphatic hydroxyl groups is 3. The Morgan fingerprint density at radius 2 is 1.13 bits per heavy atom. The van der Waals surface area contributed by atoms with Gasteiger partial charge in [0.1, 0.15) is 0 Å². The highest BCUT2D eigenvalue weighted by Gasteiger charge is 2.61. The lowest BCUT2D eigenvalue weighted by atomic mass is 9.95. The van der Waals surface area contributed by atoms with E-state index in [1.807, 2.05) is 0 Å². The van der Waals surface area contributed by atoms with E-state index in [2.05, 4.69) is 0 Å². The van der Waals surface area contributed by atoms with Crippen LogP contribution >= 0.6 is 0 Å². The molecule has 0 aromatic heterocycles. The summed E-state index contributed by atoms with van der Waals surface area (Å²) in [6.07, 6.45) is -13.4. The molecule has 0 saturated carbocycles. The predicted octanol–water partition coefficient (Wildman–Crippen LogP) is 0.933. The van der Waals surface area contributed by atoms with E-state index in [1.54, 1.807) is 0 Å². The van der Waals surface area contributed by atoms with E-state index in [9.17, 15) is 26.3 Å². The molecule has 0 bridgehead atoms. The summed E-state index contributed by atoms with van der Waals surface area (Å²) in [4.78, 5) is 0. The summed E-state index contributed by atoms with van der Waals surface area (Å²) in [5, 5.41) is 25.2. The molecule has 0 heterocycles. The molecule has 0 fully saturated rings. The van der Waals surface area contributed by atoms with E-state index in [4.69, 9.17) is 15.3 Å². The second-order valence-electron chi connectivity index (χ2n) is 3.26. The average Bonchev–Trinajstić information content (AvgIpc) is 1.77. The summed E-state index contributed by atoms with van der Waals surface area (Å²) in [6.45, 7) is 0.0138. The van der Waals surface area contributed by atoms with Crippen LogP contribution in [0.15, 0.2) is 0 Å². The average molecular weight is 242 g/mol. The summed E-state index contributed by atoms with van der Waals surface area (Å²) < 4.78 is 71.1. The Bertz CT molecular complexity index is 204. The summed E-state index contributed by atoms with van der Waals surface area (Å²) >= 11 is 0. The van der Waals surface area contributed by atoms with Gasteiger partial charge in [-0.25, -0.2) is 0 Å². The summed E-state index contributed by atoms with van der Waals surface area (Å²) in [7, 11) is 0. The SMILES string of the molecule is C[C@](O)(CC(O)(O)C(F)(F)F)C(F)(F)F. The molecular weight excluding hydrogens is 234 g/mol. The molecule has 0 aromatic rings. The highest BCUT2D eigenvalue weighted by Crippen LogP contribution is 2.40. The minimum absolute atomic E-state index is 0.0138. The lowest BCUT2D eigenvalue weighted by Gasteiger charge is -2.33. The maximum atomic E-state index is 11.9. The van der Waals surface area contributed by atoms with Gasteiger partial charge in [0, 0.05) is 6.42 Å². The Labute approximate surface area is 79.9 Å². The number of alkyl halides is 6. The van der Waals surface area contributed by atoms with Crippen molar-refractivity contribution in [2.45, 2.75) is 37.1 Å². The van der Waals surface area contributed by atoms with Crippen LogP contribution in [0, 0.1) is 0 Å². The first-order chi connectivity index (χ1) is 6.21. The number of hydrogen-bond donors (Lipinski definition) is 3. The van der Waals surface area contributed by atoms with Gasteiger partial charge in [-0.15, -0.1) is 0 Å². The molecule has 0 saturated heterocycles. The molecule has 92 valence electrons. The zero-order valence-electron chi connectivity index (χ0n) is 7.32. The van der Waals surface area contributed by atoms with Gasteiger partial charge >= 0.3 is 12.4 Å². The third kappa shape index (κ3) is 3.21. The largest absolute Gasteiger partial charge is 0.442 e. The molecule has 9 heteroatoms. The first-order valence-corrected chi connectivity index (χ1v) is 3.51. The monoisotopic (exact) mass is 242 g/mol. The van der Waals surface area contributed by atoms with Crippen molar-refractivity contribution in [2.24, 2.45) is 0 Å². The van der Waals surface area contributed by atoms with Crippen molar-refractivity contribution in [1.29, 1.82) is 0 Å². The Morgan fingerprint density at radius 3 is 1.33 bits per heavy atom. The van der Waals surface area contributed by atoms with Crippen LogP contribution in [0.25, 0.3) is 0 Å². The molecule has 0 aliphatic rings. The number of halogens is 6. The maximum Gasteiger partial charge on any atom is 0.442 e. The first-order valence-electron chi connectivity index (χ1n) is 3.51. The van der Waals surface area contributed by atoms with E-state index in [-0.39, 0.29) is 6.92 Å². The third-order valence-electron chi connectivity index (χ3n) is 1.66. The van der Waals surface area contributed by atoms with Gasteiger partial charge in [-0.2, -0.15) is 26.3 Å². The molecular formula is C6H8F6O3. The predicted molar refractivity (Wildman–Crippen MR) is 34.5 cm³/mol. The van der Waals surface area contributed by atoms with Crippen molar-refractivity contribution in [3.63, 3.8) is 0 Å². The van der Waals surface area contributed by atoms with Crippen molar-refractivity contribution in [2.75, 3.05) is 0 Å². The van der Waals surface area contributed by atoms with E-state index in [0.717, 1.165) is 0 Å². The summed E-state index contributed by atoms with van der Waals surface area (Å²) in [6, 6.07) is 0. The quantitative estimate of drug-likeness (QED) is 0.498. The summed E-state index contributed by atoms with van der Waals surface area (Å²) in [5.41, 5.74) is -3.84. The van der Waals surface area contributed by atoms with Crippen LogP contribution in [0.5, 0.6) is 0 Å². The standard InChI is InChI=1S/C6H8F6O3/c1-3(13,5(7,8)9)2-4(14,15)6(10,11)12/h13-15H,2H2,1H3/t3-/m0/s1. The van der Waals surface area contributed by atoms with E-state index < -0.39 is 30.2 Å². The van der Waals surface area contributed by atoms with Crippen molar-refractivity contribution in [1.82, 2.24) is 0 Å². The van der Waals surface area contributed by atoms with Gasteiger partial charge in [0.05, 0.1) is 0 Å². The number of rotatable bonds is 2. The minimum atomic E-state index is -5.68. The smallest absolute Gasteiger partial charge is 0.381 e. The first kappa shape index (κ1) is 14.5. The second-order valence-corrected chi connectivity index (χ2v) is 3.26. The molecule has 0 radical (unpaired) electrons. The zero-order chi connectivity index (χ0) is 12.7. The van der Waals surface area contributed by atoms with Gasteiger partial charge in [0.25, 0.3) is 5.79 Å². The van der Waals surface area contributed by atoms with Crippen molar-refractivity contribution in [3.8, 4) is 0 Å². The molecule has 0 aliphatic heterocycles. The second kappa shape index (κ2) is 3.49. The molecule has 0 aromatic carbocycles. The zero-order valence-corrected chi connectivity index (χ0v) is 7.32. The molecule has 3 nitrogen and oxygen atoms in total. The molecule has 3 N–H and O–H groups in total. The summed E-state index contributed by atoms with van der Waals surface area (Å²) in [5.74, 6) is -4.59. The fourth-order valence-corrected chi connectivity index (χ4v) is 0.680. The van der Waals surface area contributed by atoms with Crippen LogP contribution in [0.1, 0.15) is 13.3 Å². The van der Waals surface area contributed by atoms with E-state index in [1.165, 1.54) is 0 Å². The Kier molecular flexibility index (Phi) is 3.37. The normalized spacial score (nSPS) is 18.8. The Hall–Kier alpha value is -0.540. The van der Waals surface area contributed by atoms with Gasteiger partial charge in [-0.3, -0.25) is 0 Å². The highest BCUT2D eigenvalue weighted by atomic mass is 19.4. The van der Waals surface area contributed by atoms with E-state index in [0.29, 0.717) is 0 Å². The lowest BCUT2D eigenvalue weighted by molar-refractivity contribution is -0.377. The molecule has 15 heavy (non-hydrogen) atoms. The fourth-order valence-electron chi connectivity index (χ4n) is 0.680. The lowest BCUT2D eigenvalue weighted by Crippen LogP contribution is -2.55. The molecule has 0 rings (SSSR count). The van der Waals surface area contributed by atoms with Crippen LogP contribution in [0.4, 0.5) is 26.3 Å². The van der Waals surface area contributed by atoms with Crippen LogP contribution in [0.3, 0.4) is 0 Å². The maximum absolute atomic E-state index is 11.9. The van der Waals surface area contributed by atoms with Crippen molar-refractivity contribution < 1.29 is 41.7 Å².